The minimum absolute atomic E-state index is 0.0109. The predicted molar refractivity (Wildman–Crippen MR) is 103 cm³/mol. The Labute approximate surface area is 157 Å². The molecule has 0 aromatic carbocycles. The Balaban J connectivity index is 1.56. The highest BCUT2D eigenvalue weighted by molar-refractivity contribution is 5.83. The van der Waals surface area contributed by atoms with Gasteiger partial charge in [0.05, 0.1) is 6.04 Å². The first kappa shape index (κ1) is 19.6. The van der Waals surface area contributed by atoms with E-state index in [-0.39, 0.29) is 11.9 Å². The van der Waals surface area contributed by atoms with Gasteiger partial charge in [-0.3, -0.25) is 9.59 Å². The van der Waals surface area contributed by atoms with Crippen molar-refractivity contribution in [2.75, 3.05) is 32.7 Å². The van der Waals surface area contributed by atoms with E-state index in [1.807, 2.05) is 0 Å². The molecule has 1 aliphatic carbocycles. The number of hydrogen-bond acceptors (Lipinski definition) is 4. The maximum Gasteiger partial charge on any atom is 0.240 e. The second-order valence-electron chi connectivity index (χ2n) is 8.57. The van der Waals surface area contributed by atoms with Crippen molar-refractivity contribution in [3.05, 3.63) is 0 Å². The van der Waals surface area contributed by atoms with Crippen molar-refractivity contribution in [2.24, 2.45) is 17.6 Å². The van der Waals surface area contributed by atoms with Gasteiger partial charge in [-0.05, 0) is 50.6 Å². The summed E-state index contributed by atoms with van der Waals surface area (Å²) < 4.78 is 0. The molecule has 0 bridgehead atoms. The van der Waals surface area contributed by atoms with E-state index >= 15 is 0 Å². The van der Waals surface area contributed by atoms with E-state index in [2.05, 4.69) is 22.0 Å². The number of primary amides is 1. The van der Waals surface area contributed by atoms with Crippen molar-refractivity contribution in [3.8, 4) is 0 Å². The van der Waals surface area contributed by atoms with Gasteiger partial charge in [-0.1, -0.05) is 26.2 Å². The Bertz CT molecular complexity index is 484. The van der Waals surface area contributed by atoms with Crippen LogP contribution in [0.4, 0.5) is 0 Å². The number of likely N-dealkylation sites (tertiary alicyclic amines) is 1. The van der Waals surface area contributed by atoms with Crippen LogP contribution in [0, 0.1) is 11.8 Å². The minimum Gasteiger partial charge on any atom is -0.370 e. The molecule has 0 spiro atoms. The van der Waals surface area contributed by atoms with E-state index in [4.69, 9.17) is 5.73 Å². The fourth-order valence-electron chi connectivity index (χ4n) is 4.63. The zero-order chi connectivity index (χ0) is 18.5. The van der Waals surface area contributed by atoms with Gasteiger partial charge in [-0.2, -0.15) is 0 Å². The van der Waals surface area contributed by atoms with Crippen LogP contribution in [0.15, 0.2) is 0 Å². The van der Waals surface area contributed by atoms with Gasteiger partial charge in [0.25, 0.3) is 0 Å². The number of piperazine rings is 1. The molecule has 0 aromatic rings. The summed E-state index contributed by atoms with van der Waals surface area (Å²) >= 11 is 0. The predicted octanol–water partition coefficient (Wildman–Crippen LogP) is 1.34. The topological polar surface area (TPSA) is 78.7 Å². The summed E-state index contributed by atoms with van der Waals surface area (Å²) in [5, 5.41) is 3.40. The first-order valence-corrected chi connectivity index (χ1v) is 10.6. The number of nitrogens with zero attached hydrogens (tertiary/aromatic N) is 2. The van der Waals surface area contributed by atoms with Crippen molar-refractivity contribution in [3.63, 3.8) is 0 Å². The molecule has 2 saturated heterocycles. The van der Waals surface area contributed by atoms with Crippen LogP contribution in [0.1, 0.15) is 58.3 Å². The van der Waals surface area contributed by atoms with Gasteiger partial charge >= 0.3 is 0 Å². The lowest BCUT2D eigenvalue weighted by molar-refractivity contribution is -0.139. The molecule has 3 rings (SSSR count). The second-order valence-corrected chi connectivity index (χ2v) is 8.57. The lowest BCUT2D eigenvalue weighted by atomic mass is 9.92. The zero-order valence-electron chi connectivity index (χ0n) is 16.3. The summed E-state index contributed by atoms with van der Waals surface area (Å²) in [6.07, 6.45) is 8.41. The maximum absolute atomic E-state index is 13.0. The van der Waals surface area contributed by atoms with Crippen molar-refractivity contribution >= 4 is 11.8 Å². The van der Waals surface area contributed by atoms with Gasteiger partial charge in [-0.15, -0.1) is 0 Å². The lowest BCUT2D eigenvalue weighted by Gasteiger charge is -2.42. The van der Waals surface area contributed by atoms with Gasteiger partial charge in [0, 0.05) is 32.1 Å². The Hall–Kier alpha value is -1.14. The minimum atomic E-state index is -0.177. The number of amides is 2. The molecule has 6 heteroatoms. The van der Waals surface area contributed by atoms with Gasteiger partial charge in [0.2, 0.25) is 11.8 Å². The fraction of sp³-hybridized carbons (Fsp3) is 0.900. The molecule has 6 nitrogen and oxygen atoms in total. The number of piperidine rings is 1. The Morgan fingerprint density at radius 1 is 1.19 bits per heavy atom. The van der Waals surface area contributed by atoms with Crippen LogP contribution in [0.3, 0.4) is 0 Å². The molecule has 0 radical (unpaired) electrons. The van der Waals surface area contributed by atoms with Crippen molar-refractivity contribution < 1.29 is 9.59 Å². The van der Waals surface area contributed by atoms with E-state index in [9.17, 15) is 9.59 Å². The SMILES string of the molecule is CCC[C@@H]1NCCN([C@@H](CC2CC2)CN2CCC(CC(N)=O)CC2)C1=O. The summed E-state index contributed by atoms with van der Waals surface area (Å²) in [4.78, 5) is 28.8. The van der Waals surface area contributed by atoms with Crippen LogP contribution in [0.2, 0.25) is 0 Å². The molecule has 0 aromatic heterocycles. The van der Waals surface area contributed by atoms with Crippen LogP contribution < -0.4 is 11.1 Å². The number of rotatable bonds is 9. The highest BCUT2D eigenvalue weighted by atomic mass is 16.2. The monoisotopic (exact) mass is 364 g/mol. The Kier molecular flexibility index (Phi) is 6.92. The third-order valence-corrected chi connectivity index (χ3v) is 6.31. The highest BCUT2D eigenvalue weighted by Crippen LogP contribution is 2.35. The Morgan fingerprint density at radius 2 is 1.92 bits per heavy atom. The molecule has 1 saturated carbocycles. The van der Waals surface area contributed by atoms with Crippen LogP contribution in [0.5, 0.6) is 0 Å². The standard InChI is InChI=1S/C20H36N4O2/c1-2-3-18-20(26)24(11-8-22-18)17(12-15-4-5-15)14-23-9-6-16(7-10-23)13-19(21)25/h15-18,22H,2-14H2,1H3,(H2,21,25)/t17-,18-/m0/s1. The molecule has 3 aliphatic rings. The molecule has 2 aliphatic heterocycles. The molecule has 26 heavy (non-hydrogen) atoms. The van der Waals surface area contributed by atoms with Gasteiger partial charge in [0.1, 0.15) is 0 Å². The summed E-state index contributed by atoms with van der Waals surface area (Å²) in [5.41, 5.74) is 5.35. The third-order valence-electron chi connectivity index (χ3n) is 6.31. The fourth-order valence-corrected chi connectivity index (χ4v) is 4.63. The van der Waals surface area contributed by atoms with Crippen LogP contribution in [-0.4, -0.2) is 66.4 Å². The summed E-state index contributed by atoms with van der Waals surface area (Å²) in [6, 6.07) is 0.362. The van der Waals surface area contributed by atoms with Gasteiger partial charge in [0.15, 0.2) is 0 Å². The third kappa shape index (κ3) is 5.43. The average Bonchev–Trinajstić information content (AvgIpc) is 3.42. The highest BCUT2D eigenvalue weighted by Gasteiger charge is 2.36. The average molecular weight is 365 g/mol. The maximum atomic E-state index is 13.0. The number of hydrogen-bond donors (Lipinski definition) is 2. The molecule has 3 fully saturated rings. The molecule has 2 heterocycles. The van der Waals surface area contributed by atoms with E-state index in [1.54, 1.807) is 0 Å². The van der Waals surface area contributed by atoms with E-state index in [0.29, 0.717) is 24.3 Å². The van der Waals surface area contributed by atoms with Crippen LogP contribution >= 0.6 is 0 Å². The molecule has 2 atom stereocenters. The van der Waals surface area contributed by atoms with Crippen molar-refractivity contribution in [2.45, 2.75) is 70.4 Å². The van der Waals surface area contributed by atoms with Crippen LogP contribution in [0.25, 0.3) is 0 Å². The first-order valence-electron chi connectivity index (χ1n) is 10.6. The van der Waals surface area contributed by atoms with Crippen molar-refractivity contribution in [1.82, 2.24) is 15.1 Å². The lowest BCUT2D eigenvalue weighted by Crippen LogP contribution is -2.60. The number of carbonyl (C=O) groups is 2. The zero-order valence-corrected chi connectivity index (χ0v) is 16.3. The molecular formula is C20H36N4O2. The molecule has 2 amide bonds. The van der Waals surface area contributed by atoms with Gasteiger partial charge in [-0.25, -0.2) is 0 Å². The summed E-state index contributed by atoms with van der Waals surface area (Å²) in [5.74, 6) is 1.40. The summed E-state index contributed by atoms with van der Waals surface area (Å²) in [7, 11) is 0. The molecule has 0 unspecified atom stereocenters. The van der Waals surface area contributed by atoms with Gasteiger partial charge < -0.3 is 20.9 Å². The largest absolute Gasteiger partial charge is 0.370 e. The van der Waals surface area contributed by atoms with Crippen molar-refractivity contribution in [1.29, 1.82) is 0 Å². The number of nitrogens with one attached hydrogen (secondary N) is 1. The second kappa shape index (κ2) is 9.18. The van der Waals surface area contributed by atoms with E-state index in [1.165, 1.54) is 12.8 Å². The molecule has 148 valence electrons. The summed E-state index contributed by atoms with van der Waals surface area (Å²) in [6.45, 7) is 6.94. The quantitative estimate of drug-likeness (QED) is 0.647. The number of nitrogens with two attached hydrogens (primary N) is 1. The molecular weight excluding hydrogens is 328 g/mol. The smallest absolute Gasteiger partial charge is 0.240 e. The van der Waals surface area contributed by atoms with Crippen LogP contribution in [-0.2, 0) is 9.59 Å². The van der Waals surface area contributed by atoms with E-state index < -0.39 is 0 Å². The normalized spacial score (nSPS) is 26.9. The van der Waals surface area contributed by atoms with E-state index in [0.717, 1.165) is 70.7 Å². The Morgan fingerprint density at radius 3 is 2.54 bits per heavy atom. The first-order chi connectivity index (χ1) is 12.6. The molecule has 3 N–H and O–H groups in total. The number of carbonyl (C=O) groups excluding carboxylic acids is 2.